The predicted molar refractivity (Wildman–Crippen MR) is 69.2 cm³/mol. The Bertz CT molecular complexity index is 447. The minimum atomic E-state index is -0.937. The first kappa shape index (κ1) is 12.9. The SMILES string of the molecule is C=C1CC2(CC(O)CC(C)(O)C3CC=CC32)OC1=O. The van der Waals surface area contributed by atoms with Crippen molar-refractivity contribution in [1.82, 2.24) is 0 Å². The molecule has 5 atom stereocenters. The lowest BCUT2D eigenvalue weighted by Crippen LogP contribution is -2.44. The summed E-state index contributed by atoms with van der Waals surface area (Å²) in [5.74, 6) is -0.418. The fraction of sp³-hybridized carbons (Fsp3) is 0.667. The van der Waals surface area contributed by atoms with E-state index in [1.165, 1.54) is 0 Å². The van der Waals surface area contributed by atoms with Crippen LogP contribution in [0.2, 0.25) is 0 Å². The second kappa shape index (κ2) is 3.93. The molecule has 3 rings (SSSR count). The Morgan fingerprint density at radius 3 is 2.84 bits per heavy atom. The number of fused-ring (bicyclic) bond motifs is 2. The van der Waals surface area contributed by atoms with Gasteiger partial charge in [-0.15, -0.1) is 0 Å². The minimum Gasteiger partial charge on any atom is -0.455 e. The average molecular weight is 264 g/mol. The highest BCUT2D eigenvalue weighted by Crippen LogP contribution is 2.53. The lowest BCUT2D eigenvalue weighted by atomic mass is 9.73. The van der Waals surface area contributed by atoms with Crippen molar-refractivity contribution in [3.8, 4) is 0 Å². The Morgan fingerprint density at radius 2 is 2.21 bits per heavy atom. The van der Waals surface area contributed by atoms with Gasteiger partial charge in [0.15, 0.2) is 0 Å². The zero-order chi connectivity index (χ0) is 13.8. The highest BCUT2D eigenvalue weighted by atomic mass is 16.6. The van der Waals surface area contributed by atoms with Gasteiger partial charge in [0.05, 0.1) is 11.7 Å². The summed E-state index contributed by atoms with van der Waals surface area (Å²) in [5, 5.41) is 20.8. The third kappa shape index (κ3) is 1.85. The fourth-order valence-electron chi connectivity index (χ4n) is 4.10. The zero-order valence-electron chi connectivity index (χ0n) is 11.1. The second-order valence-electron chi connectivity index (χ2n) is 6.45. The number of rotatable bonds is 0. The van der Waals surface area contributed by atoms with Crippen molar-refractivity contribution in [2.75, 3.05) is 0 Å². The van der Waals surface area contributed by atoms with E-state index >= 15 is 0 Å². The number of carbonyl (C=O) groups excluding carboxylic acids is 1. The van der Waals surface area contributed by atoms with Crippen LogP contribution in [0.3, 0.4) is 0 Å². The van der Waals surface area contributed by atoms with Crippen LogP contribution in [-0.4, -0.2) is 33.5 Å². The molecule has 1 aliphatic heterocycles. The van der Waals surface area contributed by atoms with E-state index in [1.807, 2.05) is 12.2 Å². The van der Waals surface area contributed by atoms with Gasteiger partial charge in [-0.25, -0.2) is 4.79 Å². The molecule has 4 heteroatoms. The summed E-state index contributed by atoms with van der Waals surface area (Å²) in [6.45, 7) is 5.52. The van der Waals surface area contributed by atoms with Crippen molar-refractivity contribution in [3.63, 3.8) is 0 Å². The molecule has 2 N–H and O–H groups in total. The summed E-state index contributed by atoms with van der Waals surface area (Å²) < 4.78 is 5.60. The topological polar surface area (TPSA) is 66.8 Å². The number of ether oxygens (including phenoxy) is 1. The molecule has 0 aromatic rings. The highest BCUT2D eigenvalue weighted by Gasteiger charge is 2.58. The number of hydrogen-bond donors (Lipinski definition) is 2. The van der Waals surface area contributed by atoms with E-state index in [9.17, 15) is 15.0 Å². The zero-order valence-corrected chi connectivity index (χ0v) is 11.1. The molecule has 19 heavy (non-hydrogen) atoms. The van der Waals surface area contributed by atoms with E-state index in [4.69, 9.17) is 4.74 Å². The largest absolute Gasteiger partial charge is 0.455 e. The average Bonchev–Trinajstić information content (AvgIpc) is 2.83. The van der Waals surface area contributed by atoms with Crippen LogP contribution in [0.1, 0.15) is 32.6 Å². The number of aliphatic hydroxyl groups is 2. The smallest absolute Gasteiger partial charge is 0.334 e. The van der Waals surface area contributed by atoms with Crippen LogP contribution >= 0.6 is 0 Å². The molecule has 0 bridgehead atoms. The third-order valence-electron chi connectivity index (χ3n) is 4.90. The van der Waals surface area contributed by atoms with Gasteiger partial charge in [-0.1, -0.05) is 18.7 Å². The highest BCUT2D eigenvalue weighted by molar-refractivity contribution is 5.90. The molecule has 2 aliphatic carbocycles. The summed E-state index contributed by atoms with van der Waals surface area (Å²) in [6, 6.07) is 0. The van der Waals surface area contributed by atoms with Gasteiger partial charge in [0.25, 0.3) is 0 Å². The summed E-state index contributed by atoms with van der Waals surface area (Å²) in [6.07, 6.45) is 5.32. The first-order chi connectivity index (χ1) is 8.84. The van der Waals surface area contributed by atoms with Gasteiger partial charge in [0.1, 0.15) is 5.60 Å². The van der Waals surface area contributed by atoms with Crippen LogP contribution < -0.4 is 0 Å². The van der Waals surface area contributed by atoms with E-state index in [1.54, 1.807) is 6.92 Å². The molecule has 3 aliphatic rings. The predicted octanol–water partition coefficient (Wildman–Crippen LogP) is 1.33. The van der Waals surface area contributed by atoms with Crippen molar-refractivity contribution >= 4 is 5.97 Å². The van der Waals surface area contributed by atoms with Gasteiger partial charge < -0.3 is 14.9 Å². The molecule has 0 radical (unpaired) electrons. The molecule has 1 saturated heterocycles. The van der Waals surface area contributed by atoms with E-state index in [-0.39, 0.29) is 17.8 Å². The Labute approximate surface area is 112 Å². The molecule has 1 heterocycles. The molecule has 0 aromatic carbocycles. The molecule has 104 valence electrons. The van der Waals surface area contributed by atoms with E-state index < -0.39 is 17.3 Å². The first-order valence-corrected chi connectivity index (χ1v) is 6.82. The molecular formula is C15H20O4. The molecule has 5 unspecified atom stereocenters. The van der Waals surface area contributed by atoms with Gasteiger partial charge in [-0.3, -0.25) is 0 Å². The van der Waals surface area contributed by atoms with E-state index in [2.05, 4.69) is 6.58 Å². The summed E-state index contributed by atoms with van der Waals surface area (Å²) in [5.41, 5.74) is -1.19. The summed E-state index contributed by atoms with van der Waals surface area (Å²) in [4.78, 5) is 11.7. The van der Waals surface area contributed by atoms with Crippen molar-refractivity contribution in [1.29, 1.82) is 0 Å². The molecule has 2 fully saturated rings. The number of carbonyl (C=O) groups is 1. The Hall–Kier alpha value is -1.13. The maximum absolute atomic E-state index is 11.7. The van der Waals surface area contributed by atoms with E-state index in [0.29, 0.717) is 24.8 Å². The normalized spacial score (nSPS) is 49.3. The van der Waals surface area contributed by atoms with Crippen molar-refractivity contribution in [3.05, 3.63) is 24.3 Å². The number of esters is 1. The van der Waals surface area contributed by atoms with Crippen molar-refractivity contribution < 1.29 is 19.7 Å². The monoisotopic (exact) mass is 264 g/mol. The van der Waals surface area contributed by atoms with Crippen LogP contribution in [0.5, 0.6) is 0 Å². The second-order valence-corrected chi connectivity index (χ2v) is 6.45. The standard InChI is InChI=1S/C15H20O4/c1-9-6-15(19-13(9)17)8-10(16)7-14(2,18)11-4-3-5-12(11)15/h3,5,10-12,16,18H,1,4,6-8H2,2H3. The van der Waals surface area contributed by atoms with Gasteiger partial charge in [-0.2, -0.15) is 0 Å². The van der Waals surface area contributed by atoms with Crippen LogP contribution in [0.15, 0.2) is 24.3 Å². The molecule has 0 amide bonds. The Kier molecular flexibility index (Phi) is 2.67. The van der Waals surface area contributed by atoms with Gasteiger partial charge in [0.2, 0.25) is 0 Å². The van der Waals surface area contributed by atoms with E-state index in [0.717, 1.165) is 6.42 Å². The Balaban J connectivity index is 2.02. The van der Waals surface area contributed by atoms with Crippen LogP contribution in [-0.2, 0) is 9.53 Å². The fourth-order valence-corrected chi connectivity index (χ4v) is 4.10. The molecule has 1 saturated carbocycles. The minimum absolute atomic E-state index is 0.0108. The van der Waals surface area contributed by atoms with Crippen LogP contribution in [0, 0.1) is 11.8 Å². The number of hydrogen-bond acceptors (Lipinski definition) is 4. The number of allylic oxidation sites excluding steroid dienone is 1. The van der Waals surface area contributed by atoms with Crippen molar-refractivity contribution in [2.24, 2.45) is 11.8 Å². The molecule has 4 nitrogen and oxygen atoms in total. The maximum Gasteiger partial charge on any atom is 0.334 e. The van der Waals surface area contributed by atoms with Gasteiger partial charge in [-0.05, 0) is 13.3 Å². The van der Waals surface area contributed by atoms with Gasteiger partial charge >= 0.3 is 5.97 Å². The molecule has 1 spiro atoms. The van der Waals surface area contributed by atoms with Crippen LogP contribution in [0.4, 0.5) is 0 Å². The number of aliphatic hydroxyl groups excluding tert-OH is 1. The maximum atomic E-state index is 11.7. The van der Waals surface area contributed by atoms with Crippen LogP contribution in [0.25, 0.3) is 0 Å². The lowest BCUT2D eigenvalue weighted by molar-refractivity contribution is -0.154. The molecular weight excluding hydrogens is 244 g/mol. The summed E-state index contributed by atoms with van der Waals surface area (Å²) in [7, 11) is 0. The first-order valence-electron chi connectivity index (χ1n) is 6.82. The quantitative estimate of drug-likeness (QED) is 0.393. The lowest BCUT2D eigenvalue weighted by Gasteiger charge is -2.38. The molecule has 0 aromatic heterocycles. The summed E-state index contributed by atoms with van der Waals surface area (Å²) >= 11 is 0. The van der Waals surface area contributed by atoms with Gasteiger partial charge in [0, 0.05) is 36.7 Å². The third-order valence-corrected chi connectivity index (χ3v) is 4.90. The van der Waals surface area contributed by atoms with Crippen molar-refractivity contribution in [2.45, 2.75) is 49.9 Å². The Morgan fingerprint density at radius 1 is 1.47 bits per heavy atom.